The van der Waals surface area contributed by atoms with E-state index < -0.39 is 9.28 Å². The molecule has 1 saturated carbocycles. The molecule has 90 valence electrons. The second kappa shape index (κ2) is 7.42. The molecule has 0 saturated heterocycles. The fourth-order valence-electron chi connectivity index (χ4n) is 2.93. The van der Waals surface area contributed by atoms with Crippen molar-refractivity contribution in [3.63, 3.8) is 0 Å². The fourth-order valence-corrected chi connectivity index (χ4v) is 5.04. The summed E-state index contributed by atoms with van der Waals surface area (Å²) in [6.45, 7) is 2.29. The van der Waals surface area contributed by atoms with Crippen molar-refractivity contribution in [3.05, 3.63) is 0 Å². The molecule has 1 fully saturated rings. The van der Waals surface area contributed by atoms with E-state index in [1.807, 2.05) is 14.2 Å². The Hall–Kier alpha value is 0.137. The first kappa shape index (κ1) is 13.2. The largest absolute Gasteiger partial charge is 0.400 e. The molecule has 0 aromatic rings. The maximum absolute atomic E-state index is 5.56. The van der Waals surface area contributed by atoms with E-state index in [0.717, 1.165) is 11.5 Å². The lowest BCUT2D eigenvalue weighted by atomic mass is 9.95. The van der Waals surface area contributed by atoms with Gasteiger partial charge in [-0.3, -0.25) is 0 Å². The number of rotatable bonds is 5. The van der Waals surface area contributed by atoms with E-state index in [1.165, 1.54) is 44.9 Å². The highest BCUT2D eigenvalue weighted by atomic mass is 28.3. The molecule has 2 nitrogen and oxygen atoms in total. The van der Waals surface area contributed by atoms with Crippen LogP contribution in [0.4, 0.5) is 0 Å². The second-order valence-electron chi connectivity index (χ2n) is 4.66. The minimum absolute atomic E-state index is 0.720. The van der Waals surface area contributed by atoms with Crippen molar-refractivity contribution in [1.29, 1.82) is 0 Å². The smallest absolute Gasteiger partial charge is 0.324 e. The van der Waals surface area contributed by atoms with Gasteiger partial charge >= 0.3 is 9.28 Å². The minimum atomic E-state index is -1.40. The quantitative estimate of drug-likeness (QED) is 0.533. The number of hydrogen-bond donors (Lipinski definition) is 0. The molecule has 1 rings (SSSR count). The van der Waals surface area contributed by atoms with Crippen LogP contribution in [0.3, 0.4) is 0 Å². The van der Waals surface area contributed by atoms with Crippen LogP contribution in [-0.2, 0) is 8.85 Å². The summed E-state index contributed by atoms with van der Waals surface area (Å²) in [6, 6.07) is 0. The Morgan fingerprint density at radius 3 is 2.00 bits per heavy atom. The molecule has 0 aliphatic heterocycles. The molecule has 0 bridgehead atoms. The van der Waals surface area contributed by atoms with Gasteiger partial charge in [-0.05, 0) is 5.92 Å². The summed E-state index contributed by atoms with van der Waals surface area (Å²) in [7, 11) is 2.24. The Morgan fingerprint density at radius 1 is 1.07 bits per heavy atom. The third kappa shape index (κ3) is 3.89. The third-order valence-electron chi connectivity index (χ3n) is 3.79. The molecule has 1 aliphatic carbocycles. The van der Waals surface area contributed by atoms with E-state index >= 15 is 0 Å². The SMILES string of the molecule is CCC(C1CCCCCC1)[SiH](OC)OC. The maximum Gasteiger partial charge on any atom is 0.324 e. The van der Waals surface area contributed by atoms with Crippen molar-refractivity contribution in [3.8, 4) is 0 Å². The predicted octanol–water partition coefficient (Wildman–Crippen LogP) is 3.25. The Bertz CT molecular complexity index is 152. The van der Waals surface area contributed by atoms with E-state index in [1.54, 1.807) is 0 Å². The first-order valence-electron chi connectivity index (χ1n) is 6.39. The van der Waals surface area contributed by atoms with Crippen molar-refractivity contribution in [2.24, 2.45) is 5.92 Å². The highest BCUT2D eigenvalue weighted by Gasteiger charge is 2.30. The second-order valence-corrected chi connectivity index (χ2v) is 7.20. The molecule has 0 spiro atoms. The van der Waals surface area contributed by atoms with Gasteiger partial charge in [0, 0.05) is 19.8 Å². The molecule has 0 radical (unpaired) electrons. The van der Waals surface area contributed by atoms with Crippen LogP contribution in [0.15, 0.2) is 0 Å². The molecule has 0 heterocycles. The zero-order valence-electron chi connectivity index (χ0n) is 10.5. The lowest BCUT2D eigenvalue weighted by molar-refractivity contribution is 0.240. The molecular formula is C12H26O2Si. The summed E-state index contributed by atoms with van der Waals surface area (Å²) >= 11 is 0. The summed E-state index contributed by atoms with van der Waals surface area (Å²) in [4.78, 5) is 0. The van der Waals surface area contributed by atoms with Crippen molar-refractivity contribution < 1.29 is 8.85 Å². The molecule has 0 amide bonds. The summed E-state index contributed by atoms with van der Waals surface area (Å²) in [5.74, 6) is 0.870. The predicted molar refractivity (Wildman–Crippen MR) is 66.4 cm³/mol. The van der Waals surface area contributed by atoms with Crippen LogP contribution in [0, 0.1) is 5.92 Å². The van der Waals surface area contributed by atoms with Crippen molar-refractivity contribution in [2.45, 2.75) is 57.4 Å². The highest BCUT2D eigenvalue weighted by Crippen LogP contribution is 2.36. The van der Waals surface area contributed by atoms with Gasteiger partial charge in [0.05, 0.1) is 0 Å². The highest BCUT2D eigenvalue weighted by molar-refractivity contribution is 6.46. The van der Waals surface area contributed by atoms with Crippen LogP contribution < -0.4 is 0 Å². The number of hydrogen-bond acceptors (Lipinski definition) is 2. The van der Waals surface area contributed by atoms with Crippen LogP contribution in [0.1, 0.15) is 51.9 Å². The molecule has 3 heteroatoms. The molecule has 1 aliphatic rings. The lowest BCUT2D eigenvalue weighted by Gasteiger charge is -2.29. The normalized spacial score (nSPS) is 21.6. The van der Waals surface area contributed by atoms with E-state index in [4.69, 9.17) is 8.85 Å². The zero-order chi connectivity index (χ0) is 11.1. The van der Waals surface area contributed by atoms with Crippen molar-refractivity contribution in [1.82, 2.24) is 0 Å². The Kier molecular flexibility index (Phi) is 6.53. The molecule has 0 aromatic carbocycles. The average Bonchev–Trinajstić information content (AvgIpc) is 2.54. The first-order chi connectivity index (χ1) is 7.33. The standard InChI is InChI=1S/C12H26O2Si/c1-4-12(15(13-2)14-3)11-9-7-5-6-8-10-11/h11-12,15H,4-10H2,1-3H3. The molecular weight excluding hydrogens is 204 g/mol. The van der Waals surface area contributed by atoms with Crippen LogP contribution in [0.25, 0.3) is 0 Å². The van der Waals surface area contributed by atoms with Crippen LogP contribution in [-0.4, -0.2) is 23.5 Å². The summed E-state index contributed by atoms with van der Waals surface area (Å²) in [6.07, 6.45) is 9.70. The lowest BCUT2D eigenvalue weighted by Crippen LogP contribution is -2.31. The molecule has 0 aromatic heterocycles. The Balaban J connectivity index is 2.53. The molecule has 1 unspecified atom stereocenters. The van der Waals surface area contributed by atoms with E-state index in [-0.39, 0.29) is 0 Å². The fraction of sp³-hybridized carbons (Fsp3) is 1.00. The Labute approximate surface area is 96.2 Å². The van der Waals surface area contributed by atoms with Crippen molar-refractivity contribution >= 4 is 9.28 Å². The minimum Gasteiger partial charge on any atom is -0.400 e. The van der Waals surface area contributed by atoms with Gasteiger partial charge in [-0.15, -0.1) is 0 Å². The van der Waals surface area contributed by atoms with Crippen LogP contribution in [0.5, 0.6) is 0 Å². The van der Waals surface area contributed by atoms with Crippen LogP contribution >= 0.6 is 0 Å². The molecule has 15 heavy (non-hydrogen) atoms. The van der Waals surface area contributed by atoms with Gasteiger partial charge in [0.15, 0.2) is 0 Å². The Morgan fingerprint density at radius 2 is 1.60 bits per heavy atom. The van der Waals surface area contributed by atoms with Crippen molar-refractivity contribution in [2.75, 3.05) is 14.2 Å². The van der Waals surface area contributed by atoms with Gasteiger partial charge in [0.2, 0.25) is 0 Å². The summed E-state index contributed by atoms with van der Waals surface area (Å²) < 4.78 is 11.1. The zero-order valence-corrected chi connectivity index (χ0v) is 11.7. The first-order valence-corrected chi connectivity index (χ1v) is 8.00. The average molecular weight is 230 g/mol. The van der Waals surface area contributed by atoms with Gasteiger partial charge in [-0.2, -0.15) is 0 Å². The third-order valence-corrected chi connectivity index (χ3v) is 6.44. The van der Waals surface area contributed by atoms with Crippen LogP contribution in [0.2, 0.25) is 5.54 Å². The molecule has 0 N–H and O–H groups in total. The summed E-state index contributed by atoms with van der Waals surface area (Å²) in [5.41, 5.74) is 0.720. The van der Waals surface area contributed by atoms with Gasteiger partial charge in [0.1, 0.15) is 0 Å². The van der Waals surface area contributed by atoms with Gasteiger partial charge < -0.3 is 8.85 Å². The van der Waals surface area contributed by atoms with E-state index in [2.05, 4.69) is 6.92 Å². The van der Waals surface area contributed by atoms with Gasteiger partial charge in [-0.1, -0.05) is 51.9 Å². The van der Waals surface area contributed by atoms with E-state index in [9.17, 15) is 0 Å². The maximum atomic E-state index is 5.56. The van der Waals surface area contributed by atoms with E-state index in [0.29, 0.717) is 0 Å². The topological polar surface area (TPSA) is 18.5 Å². The van der Waals surface area contributed by atoms with Gasteiger partial charge in [-0.25, -0.2) is 0 Å². The molecule has 1 atom stereocenters. The summed E-state index contributed by atoms with van der Waals surface area (Å²) in [5, 5.41) is 0. The monoisotopic (exact) mass is 230 g/mol. The van der Waals surface area contributed by atoms with Gasteiger partial charge in [0.25, 0.3) is 0 Å².